The van der Waals surface area contributed by atoms with Crippen LogP contribution in [0.15, 0.2) is 23.1 Å². The van der Waals surface area contributed by atoms with Gasteiger partial charge in [0, 0.05) is 13.4 Å². The Morgan fingerprint density at radius 2 is 2.06 bits per heavy atom. The average molecular weight is 259 g/mol. The molecule has 1 unspecified atom stereocenters. The molecule has 0 amide bonds. The maximum Gasteiger partial charge on any atom is 0.177 e. The molecule has 6 heteroatoms. The monoisotopic (exact) mass is 259 g/mol. The largest absolute Gasteiger partial charge is 0.486 e. The van der Waals surface area contributed by atoms with Crippen molar-refractivity contribution >= 4 is 15.5 Å². The van der Waals surface area contributed by atoms with Crippen molar-refractivity contribution in [2.24, 2.45) is 0 Å². The van der Waals surface area contributed by atoms with Crippen LogP contribution in [0.25, 0.3) is 0 Å². The van der Waals surface area contributed by atoms with E-state index in [0.717, 1.165) is 6.26 Å². The Bertz CT molecular complexity index is 484. The molecule has 1 aromatic rings. The second kappa shape index (κ2) is 5.37. The molecule has 0 aliphatic carbocycles. The van der Waals surface area contributed by atoms with Crippen molar-refractivity contribution in [3.63, 3.8) is 0 Å². The predicted molar refractivity (Wildman–Crippen MR) is 65.9 cm³/mol. The fourth-order valence-corrected chi connectivity index (χ4v) is 2.26. The molecule has 0 spiro atoms. The number of anilines is 1. The van der Waals surface area contributed by atoms with Gasteiger partial charge >= 0.3 is 0 Å². The second-order valence-electron chi connectivity index (χ2n) is 3.82. The van der Waals surface area contributed by atoms with Crippen molar-refractivity contribution in [1.29, 1.82) is 0 Å². The zero-order valence-corrected chi connectivity index (χ0v) is 11.0. The highest BCUT2D eigenvalue weighted by atomic mass is 32.2. The van der Waals surface area contributed by atoms with Gasteiger partial charge in [0.2, 0.25) is 0 Å². The van der Waals surface area contributed by atoms with Gasteiger partial charge in [-0.25, -0.2) is 8.42 Å². The Hall–Kier alpha value is -1.27. The molecule has 0 aromatic heterocycles. The summed E-state index contributed by atoms with van der Waals surface area (Å²) < 4.78 is 33.4. The average Bonchev–Trinajstić information content (AvgIpc) is 2.19. The highest BCUT2D eigenvalue weighted by Gasteiger charge is 2.16. The smallest absolute Gasteiger partial charge is 0.177 e. The lowest BCUT2D eigenvalue weighted by molar-refractivity contribution is 0.0924. The summed E-state index contributed by atoms with van der Waals surface area (Å²) in [7, 11) is -1.77. The van der Waals surface area contributed by atoms with E-state index in [9.17, 15) is 8.42 Å². The van der Waals surface area contributed by atoms with E-state index in [-0.39, 0.29) is 16.7 Å². The van der Waals surface area contributed by atoms with E-state index in [1.54, 1.807) is 19.2 Å². The van der Waals surface area contributed by atoms with Gasteiger partial charge in [-0.3, -0.25) is 0 Å². The van der Waals surface area contributed by atoms with Crippen LogP contribution in [0.1, 0.15) is 6.92 Å². The normalized spacial score (nSPS) is 13.4. The molecular weight excluding hydrogens is 242 g/mol. The van der Waals surface area contributed by atoms with Crippen LogP contribution in [0.5, 0.6) is 5.75 Å². The maximum absolute atomic E-state index is 11.5. The number of rotatable bonds is 5. The molecule has 0 aliphatic heterocycles. The first kappa shape index (κ1) is 13.8. The number of para-hydroxylation sites is 1. The fourth-order valence-electron chi connectivity index (χ4n) is 1.44. The molecule has 0 saturated heterocycles. The number of methoxy groups -OCH3 is 1. The van der Waals surface area contributed by atoms with Crippen LogP contribution in [0, 0.1) is 0 Å². The predicted octanol–water partition coefficient (Wildman–Crippen LogP) is 1.09. The maximum atomic E-state index is 11.5. The first-order valence-corrected chi connectivity index (χ1v) is 6.99. The SMILES string of the molecule is COCC(C)Oc1cccc(S(C)(=O)=O)c1N. The molecule has 0 radical (unpaired) electrons. The van der Waals surface area contributed by atoms with Gasteiger partial charge in [0.1, 0.15) is 11.9 Å². The Balaban J connectivity index is 3.03. The lowest BCUT2D eigenvalue weighted by Gasteiger charge is -2.16. The lowest BCUT2D eigenvalue weighted by Crippen LogP contribution is -2.19. The second-order valence-corrected chi connectivity index (χ2v) is 5.81. The van der Waals surface area contributed by atoms with E-state index >= 15 is 0 Å². The minimum atomic E-state index is -3.34. The fraction of sp³-hybridized carbons (Fsp3) is 0.455. The van der Waals surface area contributed by atoms with Crippen LogP contribution in [0.2, 0.25) is 0 Å². The highest BCUT2D eigenvalue weighted by Crippen LogP contribution is 2.29. The number of hydrogen-bond donors (Lipinski definition) is 1. The van der Waals surface area contributed by atoms with Crippen LogP contribution in [0.3, 0.4) is 0 Å². The van der Waals surface area contributed by atoms with Crippen molar-refractivity contribution in [3.8, 4) is 5.75 Å². The zero-order valence-electron chi connectivity index (χ0n) is 10.1. The molecule has 2 N–H and O–H groups in total. The Kier molecular flexibility index (Phi) is 4.36. The standard InChI is InChI=1S/C11H17NO4S/c1-8(7-15-2)16-9-5-4-6-10(11(9)12)17(3,13)14/h4-6,8H,7,12H2,1-3H3. The summed E-state index contributed by atoms with van der Waals surface area (Å²) in [4.78, 5) is 0.0830. The zero-order chi connectivity index (χ0) is 13.1. The van der Waals surface area contributed by atoms with Gasteiger partial charge in [-0.2, -0.15) is 0 Å². The van der Waals surface area contributed by atoms with Crippen molar-refractivity contribution in [2.45, 2.75) is 17.9 Å². The minimum absolute atomic E-state index is 0.0830. The molecule has 0 aliphatic rings. The number of hydrogen-bond acceptors (Lipinski definition) is 5. The first-order valence-electron chi connectivity index (χ1n) is 5.10. The summed E-state index contributed by atoms with van der Waals surface area (Å²) in [5.74, 6) is 0.359. The van der Waals surface area contributed by atoms with Crippen LogP contribution >= 0.6 is 0 Å². The lowest BCUT2D eigenvalue weighted by atomic mass is 10.3. The Morgan fingerprint density at radius 3 is 2.59 bits per heavy atom. The third-order valence-electron chi connectivity index (χ3n) is 2.16. The van der Waals surface area contributed by atoms with Gasteiger partial charge in [-0.05, 0) is 19.1 Å². The summed E-state index contributed by atoms with van der Waals surface area (Å²) in [6.07, 6.45) is 0.915. The summed E-state index contributed by atoms with van der Waals surface area (Å²) in [6.45, 7) is 2.22. The molecular formula is C11H17NO4S. The summed E-state index contributed by atoms with van der Waals surface area (Å²) in [6, 6.07) is 4.69. The van der Waals surface area contributed by atoms with E-state index in [1.807, 2.05) is 6.92 Å². The van der Waals surface area contributed by atoms with Gasteiger partial charge < -0.3 is 15.2 Å². The molecule has 1 aromatic carbocycles. The molecule has 96 valence electrons. The molecule has 17 heavy (non-hydrogen) atoms. The van der Waals surface area contributed by atoms with E-state index in [2.05, 4.69) is 0 Å². The van der Waals surface area contributed by atoms with Gasteiger partial charge in [-0.15, -0.1) is 0 Å². The van der Waals surface area contributed by atoms with Crippen molar-refractivity contribution < 1.29 is 17.9 Å². The van der Waals surface area contributed by atoms with Gasteiger partial charge in [-0.1, -0.05) is 6.07 Å². The van der Waals surface area contributed by atoms with E-state index in [4.69, 9.17) is 15.2 Å². The summed E-state index contributed by atoms with van der Waals surface area (Å²) >= 11 is 0. The topological polar surface area (TPSA) is 78.6 Å². The minimum Gasteiger partial charge on any atom is -0.486 e. The van der Waals surface area contributed by atoms with E-state index in [0.29, 0.717) is 12.4 Å². The summed E-state index contributed by atoms with van der Waals surface area (Å²) in [5.41, 5.74) is 5.91. The highest BCUT2D eigenvalue weighted by molar-refractivity contribution is 7.90. The Labute approximate surface area is 101 Å². The van der Waals surface area contributed by atoms with Crippen molar-refractivity contribution in [2.75, 3.05) is 25.7 Å². The summed E-state index contributed by atoms with van der Waals surface area (Å²) in [5, 5.41) is 0. The first-order chi connectivity index (χ1) is 7.86. The number of nitrogens with two attached hydrogens (primary N) is 1. The molecule has 1 atom stereocenters. The van der Waals surface area contributed by atoms with Crippen LogP contribution < -0.4 is 10.5 Å². The van der Waals surface area contributed by atoms with Crippen LogP contribution in [-0.2, 0) is 14.6 Å². The molecule has 0 bridgehead atoms. The van der Waals surface area contributed by atoms with Crippen LogP contribution in [-0.4, -0.2) is 34.5 Å². The molecule has 5 nitrogen and oxygen atoms in total. The quantitative estimate of drug-likeness (QED) is 0.801. The van der Waals surface area contributed by atoms with Gasteiger partial charge in [0.25, 0.3) is 0 Å². The third-order valence-corrected chi connectivity index (χ3v) is 3.31. The van der Waals surface area contributed by atoms with Gasteiger partial charge in [0.05, 0.1) is 17.2 Å². The van der Waals surface area contributed by atoms with E-state index < -0.39 is 9.84 Å². The molecule has 0 saturated carbocycles. The number of ether oxygens (including phenoxy) is 2. The van der Waals surface area contributed by atoms with Crippen molar-refractivity contribution in [3.05, 3.63) is 18.2 Å². The Morgan fingerprint density at radius 1 is 1.41 bits per heavy atom. The number of nitrogen functional groups attached to an aromatic ring is 1. The molecule has 0 fully saturated rings. The molecule has 1 rings (SSSR count). The third kappa shape index (κ3) is 3.61. The van der Waals surface area contributed by atoms with Gasteiger partial charge in [0.15, 0.2) is 9.84 Å². The number of benzene rings is 1. The van der Waals surface area contributed by atoms with Crippen LogP contribution in [0.4, 0.5) is 5.69 Å². The van der Waals surface area contributed by atoms with Crippen molar-refractivity contribution in [1.82, 2.24) is 0 Å². The molecule has 0 heterocycles. The van der Waals surface area contributed by atoms with E-state index in [1.165, 1.54) is 6.07 Å². The number of sulfone groups is 1.